The van der Waals surface area contributed by atoms with Crippen LogP contribution in [0.25, 0.3) is 0 Å². The second-order valence-corrected chi connectivity index (χ2v) is 5.34. The number of halogens is 2. The van der Waals surface area contributed by atoms with Crippen LogP contribution in [0, 0.1) is 0 Å². The summed E-state index contributed by atoms with van der Waals surface area (Å²) in [6.07, 6.45) is 0. The van der Waals surface area contributed by atoms with Gasteiger partial charge in [-0.25, -0.2) is 0 Å². The Bertz CT molecular complexity index is 611. The van der Waals surface area contributed by atoms with Crippen LogP contribution in [-0.2, 0) is 6.61 Å². The second kappa shape index (κ2) is 6.22. The van der Waals surface area contributed by atoms with Crippen LogP contribution in [-0.4, -0.2) is 5.78 Å². The van der Waals surface area contributed by atoms with E-state index in [2.05, 4.69) is 15.9 Å². The summed E-state index contributed by atoms with van der Waals surface area (Å²) in [5.41, 5.74) is 1.62. The number of hydrogen-bond acceptors (Lipinski definition) is 2. The van der Waals surface area contributed by atoms with E-state index in [4.69, 9.17) is 16.3 Å². The van der Waals surface area contributed by atoms with Crippen LogP contribution in [0.5, 0.6) is 5.75 Å². The Morgan fingerprint density at radius 2 is 2.00 bits per heavy atom. The van der Waals surface area contributed by atoms with Gasteiger partial charge in [0.1, 0.15) is 12.4 Å². The standard InChI is InChI=1S/C15H12BrClO2/c1-10(18)11-6-7-15(14(17)8-11)19-9-12-4-2-3-5-13(12)16/h2-8H,9H2,1H3. The fraction of sp³-hybridized carbons (Fsp3) is 0.133. The predicted octanol–water partition coefficient (Wildman–Crippen LogP) is 4.88. The van der Waals surface area contributed by atoms with Gasteiger partial charge in [-0.2, -0.15) is 0 Å². The maximum Gasteiger partial charge on any atom is 0.159 e. The Hall–Kier alpha value is -1.32. The third kappa shape index (κ3) is 3.58. The highest BCUT2D eigenvalue weighted by molar-refractivity contribution is 9.10. The van der Waals surface area contributed by atoms with Gasteiger partial charge in [-0.05, 0) is 31.2 Å². The Balaban J connectivity index is 2.12. The third-order valence-corrected chi connectivity index (χ3v) is 3.75. The molecule has 0 bridgehead atoms. The van der Waals surface area contributed by atoms with Gasteiger partial charge >= 0.3 is 0 Å². The molecule has 98 valence electrons. The zero-order valence-corrected chi connectivity index (χ0v) is 12.7. The first kappa shape index (κ1) is 14.1. The summed E-state index contributed by atoms with van der Waals surface area (Å²) in [6.45, 7) is 1.92. The molecule has 0 radical (unpaired) electrons. The van der Waals surface area contributed by atoms with Crippen LogP contribution in [0.1, 0.15) is 22.8 Å². The molecule has 0 aliphatic heterocycles. The molecule has 0 aliphatic carbocycles. The molecule has 0 saturated heterocycles. The lowest BCUT2D eigenvalue weighted by atomic mass is 10.1. The molecule has 4 heteroatoms. The molecular weight excluding hydrogens is 328 g/mol. The lowest BCUT2D eigenvalue weighted by molar-refractivity contribution is 0.101. The minimum absolute atomic E-state index is 0.0146. The first-order chi connectivity index (χ1) is 9.08. The number of carbonyl (C=O) groups is 1. The predicted molar refractivity (Wildman–Crippen MR) is 79.9 cm³/mol. The Kier molecular flexibility index (Phi) is 4.61. The van der Waals surface area contributed by atoms with Gasteiger partial charge in [-0.15, -0.1) is 0 Å². The summed E-state index contributed by atoms with van der Waals surface area (Å²) in [7, 11) is 0. The molecule has 2 aromatic rings. The van der Waals surface area contributed by atoms with E-state index in [9.17, 15) is 4.79 Å². The zero-order chi connectivity index (χ0) is 13.8. The van der Waals surface area contributed by atoms with Gasteiger partial charge in [0, 0.05) is 15.6 Å². The minimum Gasteiger partial charge on any atom is -0.487 e. The lowest BCUT2D eigenvalue weighted by Gasteiger charge is -2.10. The van der Waals surface area contributed by atoms with Crippen LogP contribution in [0.2, 0.25) is 5.02 Å². The molecule has 2 rings (SSSR count). The van der Waals surface area contributed by atoms with Crippen LogP contribution < -0.4 is 4.74 Å². The number of Topliss-reactive ketones (excluding diaryl/α,β-unsaturated/α-hetero) is 1. The molecule has 2 aromatic carbocycles. The highest BCUT2D eigenvalue weighted by atomic mass is 79.9. The molecule has 0 aliphatic rings. The topological polar surface area (TPSA) is 26.3 Å². The van der Waals surface area contributed by atoms with E-state index in [1.807, 2.05) is 24.3 Å². The minimum atomic E-state index is -0.0146. The van der Waals surface area contributed by atoms with Gasteiger partial charge in [0.05, 0.1) is 5.02 Å². The molecule has 0 N–H and O–H groups in total. The summed E-state index contributed by atoms with van der Waals surface area (Å²) in [5, 5.41) is 0.444. The summed E-state index contributed by atoms with van der Waals surface area (Å²) < 4.78 is 6.66. The number of benzene rings is 2. The van der Waals surface area contributed by atoms with E-state index in [1.165, 1.54) is 6.92 Å². The largest absolute Gasteiger partial charge is 0.487 e. The Morgan fingerprint density at radius 3 is 2.63 bits per heavy atom. The number of ether oxygens (including phenoxy) is 1. The van der Waals surface area contributed by atoms with Gasteiger partial charge in [-0.1, -0.05) is 45.7 Å². The van der Waals surface area contributed by atoms with Crippen molar-refractivity contribution in [1.29, 1.82) is 0 Å². The fourth-order valence-electron chi connectivity index (χ4n) is 1.61. The first-order valence-electron chi connectivity index (χ1n) is 5.74. The molecular formula is C15H12BrClO2. The number of ketones is 1. The Labute approximate surface area is 125 Å². The molecule has 2 nitrogen and oxygen atoms in total. The van der Waals surface area contributed by atoms with Crippen LogP contribution in [0.3, 0.4) is 0 Å². The molecule has 0 amide bonds. The SMILES string of the molecule is CC(=O)c1ccc(OCc2ccccc2Br)c(Cl)c1. The zero-order valence-electron chi connectivity index (χ0n) is 10.3. The highest BCUT2D eigenvalue weighted by Crippen LogP contribution is 2.27. The summed E-state index contributed by atoms with van der Waals surface area (Å²) in [5.74, 6) is 0.557. The second-order valence-electron chi connectivity index (χ2n) is 4.08. The summed E-state index contributed by atoms with van der Waals surface area (Å²) in [6, 6.07) is 12.9. The molecule has 0 spiro atoms. The average Bonchev–Trinajstić information content (AvgIpc) is 2.39. The van der Waals surface area contributed by atoms with Crippen molar-refractivity contribution in [2.24, 2.45) is 0 Å². The highest BCUT2D eigenvalue weighted by Gasteiger charge is 2.07. The van der Waals surface area contributed by atoms with Gasteiger partial charge in [0.15, 0.2) is 5.78 Å². The van der Waals surface area contributed by atoms with Gasteiger partial charge in [-0.3, -0.25) is 4.79 Å². The number of rotatable bonds is 4. The molecule has 0 atom stereocenters. The number of carbonyl (C=O) groups excluding carboxylic acids is 1. The lowest BCUT2D eigenvalue weighted by Crippen LogP contribution is -1.98. The van der Waals surface area contributed by atoms with Crippen LogP contribution in [0.15, 0.2) is 46.9 Å². The molecule has 19 heavy (non-hydrogen) atoms. The summed E-state index contributed by atoms with van der Waals surface area (Å²) >= 11 is 9.55. The number of hydrogen-bond donors (Lipinski definition) is 0. The molecule has 0 saturated carbocycles. The maximum atomic E-state index is 11.2. The average molecular weight is 340 g/mol. The van der Waals surface area contributed by atoms with Crippen molar-refractivity contribution < 1.29 is 9.53 Å². The third-order valence-electron chi connectivity index (χ3n) is 2.68. The molecule has 0 heterocycles. The van der Waals surface area contributed by atoms with Gasteiger partial charge < -0.3 is 4.74 Å². The van der Waals surface area contributed by atoms with Crippen molar-refractivity contribution in [2.45, 2.75) is 13.5 Å². The van der Waals surface area contributed by atoms with Crippen molar-refractivity contribution >= 4 is 33.3 Å². The fourth-order valence-corrected chi connectivity index (χ4v) is 2.24. The molecule has 0 unspecified atom stereocenters. The quantitative estimate of drug-likeness (QED) is 0.742. The van der Waals surface area contributed by atoms with Gasteiger partial charge in [0.25, 0.3) is 0 Å². The monoisotopic (exact) mass is 338 g/mol. The first-order valence-corrected chi connectivity index (χ1v) is 6.91. The molecule has 0 fully saturated rings. The van der Waals surface area contributed by atoms with E-state index in [0.29, 0.717) is 22.9 Å². The van der Waals surface area contributed by atoms with E-state index >= 15 is 0 Å². The van der Waals surface area contributed by atoms with Crippen molar-refractivity contribution in [3.05, 3.63) is 63.1 Å². The summed E-state index contributed by atoms with van der Waals surface area (Å²) in [4.78, 5) is 11.2. The van der Waals surface area contributed by atoms with Crippen LogP contribution >= 0.6 is 27.5 Å². The Morgan fingerprint density at radius 1 is 1.26 bits per heavy atom. The smallest absolute Gasteiger partial charge is 0.159 e. The van der Waals surface area contributed by atoms with Crippen molar-refractivity contribution in [3.8, 4) is 5.75 Å². The normalized spacial score (nSPS) is 10.3. The van der Waals surface area contributed by atoms with E-state index in [1.54, 1.807) is 18.2 Å². The van der Waals surface area contributed by atoms with E-state index < -0.39 is 0 Å². The molecule has 0 aromatic heterocycles. The van der Waals surface area contributed by atoms with Crippen LogP contribution in [0.4, 0.5) is 0 Å². The van der Waals surface area contributed by atoms with E-state index in [-0.39, 0.29) is 5.78 Å². The van der Waals surface area contributed by atoms with E-state index in [0.717, 1.165) is 10.0 Å². The van der Waals surface area contributed by atoms with Crippen molar-refractivity contribution in [3.63, 3.8) is 0 Å². The maximum absolute atomic E-state index is 11.2. The van der Waals surface area contributed by atoms with Crippen molar-refractivity contribution in [2.75, 3.05) is 0 Å². The van der Waals surface area contributed by atoms with Crippen molar-refractivity contribution in [1.82, 2.24) is 0 Å². The van der Waals surface area contributed by atoms with Gasteiger partial charge in [0.2, 0.25) is 0 Å².